The number of benzene rings is 3. The summed E-state index contributed by atoms with van der Waals surface area (Å²) in [6.07, 6.45) is 3.66. The summed E-state index contributed by atoms with van der Waals surface area (Å²) < 4.78 is 5.14. The molecule has 0 spiro atoms. The zero-order valence-electron chi connectivity index (χ0n) is 22.0. The number of hydrogen-bond acceptors (Lipinski definition) is 5. The second-order valence-electron chi connectivity index (χ2n) is 9.93. The monoisotopic (exact) mass is 560 g/mol. The fourth-order valence-electron chi connectivity index (χ4n) is 5.36. The molecule has 202 valence electrons. The Kier molecular flexibility index (Phi) is 9.00. The molecule has 2 saturated heterocycles. The Bertz CT molecular complexity index is 1280. The highest BCUT2D eigenvalue weighted by Crippen LogP contribution is 2.35. The number of fused-ring (bicyclic) bond motifs is 1. The molecule has 2 fully saturated rings. The van der Waals surface area contributed by atoms with Gasteiger partial charge in [-0.3, -0.25) is 4.79 Å². The third kappa shape index (κ3) is 6.54. The Balaban J connectivity index is 1.28. The van der Waals surface area contributed by atoms with Gasteiger partial charge in [-0.05, 0) is 54.4 Å². The number of urea groups is 1. The maximum Gasteiger partial charge on any atom is 0.338 e. The third-order valence-corrected chi connectivity index (χ3v) is 11.3. The molecule has 0 saturated carbocycles. The molecule has 3 aromatic rings. The van der Waals surface area contributed by atoms with Crippen LogP contribution in [0.2, 0.25) is 0 Å². The van der Waals surface area contributed by atoms with Gasteiger partial charge in [0.15, 0.2) is 0 Å². The number of methoxy groups -OCH3 is 1. The van der Waals surface area contributed by atoms with Gasteiger partial charge in [0.05, 0.1) is 24.8 Å². The number of thioether (sulfide) groups is 1. The largest absolute Gasteiger partial charge is 0.465 e. The van der Waals surface area contributed by atoms with Gasteiger partial charge in [-0.25, -0.2) is 9.59 Å². The second-order valence-corrected chi connectivity index (χ2v) is 13.4. The first-order chi connectivity index (χ1) is 19.0. The highest BCUT2D eigenvalue weighted by Gasteiger charge is 2.42. The molecule has 0 radical (unpaired) electrons. The van der Waals surface area contributed by atoms with Gasteiger partial charge >= 0.3 is 12.0 Å². The maximum absolute atomic E-state index is 13.0. The Hall–Kier alpha value is -3.15. The smallest absolute Gasteiger partial charge is 0.338 e. The van der Waals surface area contributed by atoms with Crippen molar-refractivity contribution in [3.8, 4) is 0 Å². The Morgan fingerprint density at radius 2 is 1.64 bits per heavy atom. The Labute approximate surface area is 235 Å². The summed E-state index contributed by atoms with van der Waals surface area (Å²) in [5, 5.41) is 9.59. The number of hydrogen-bond donors (Lipinski definition) is 2. The summed E-state index contributed by atoms with van der Waals surface area (Å²) in [5.74, 6) is 0.775. The molecule has 6 nitrogen and oxygen atoms in total. The molecule has 39 heavy (non-hydrogen) atoms. The quantitative estimate of drug-likeness (QED) is 0.160. The number of nitrogens with one attached hydrogen (secondary N) is 2. The fourth-order valence-corrected chi connectivity index (χ4v) is 9.40. The van der Waals surface area contributed by atoms with Crippen LogP contribution in [0.5, 0.6) is 0 Å². The van der Waals surface area contributed by atoms with Crippen molar-refractivity contribution in [2.24, 2.45) is 0 Å². The van der Waals surface area contributed by atoms with E-state index >= 15 is 0 Å². The van der Waals surface area contributed by atoms with E-state index in [-0.39, 0.29) is 29.9 Å². The first-order valence-electron chi connectivity index (χ1n) is 13.4. The van der Waals surface area contributed by atoms with E-state index in [1.165, 1.54) is 7.11 Å². The summed E-state index contributed by atoms with van der Waals surface area (Å²) in [6.45, 7) is 0. The van der Waals surface area contributed by atoms with Crippen molar-refractivity contribution < 1.29 is 19.1 Å². The molecular formula is C31H33N2O4PS. The van der Waals surface area contributed by atoms with Crippen molar-refractivity contribution >= 4 is 53.4 Å². The highest BCUT2D eigenvalue weighted by atomic mass is 32.2. The van der Waals surface area contributed by atoms with Crippen LogP contribution in [0, 0.1) is 0 Å². The Morgan fingerprint density at radius 1 is 0.949 bits per heavy atom. The van der Waals surface area contributed by atoms with Gasteiger partial charge in [0, 0.05) is 23.8 Å². The molecule has 2 amide bonds. The number of amides is 2. The molecule has 0 bridgehead atoms. The van der Waals surface area contributed by atoms with Gasteiger partial charge in [0.1, 0.15) is 5.78 Å². The van der Waals surface area contributed by atoms with Crippen LogP contribution in [0.4, 0.5) is 4.79 Å². The minimum absolute atomic E-state index is 0.0636. The van der Waals surface area contributed by atoms with Crippen molar-refractivity contribution in [3.05, 3.63) is 90.0 Å². The van der Waals surface area contributed by atoms with E-state index < -0.39 is 7.92 Å². The number of Topliss-reactive ketones (excluding diaryl/α,β-unsaturated/α-hetero) is 1. The van der Waals surface area contributed by atoms with E-state index in [4.69, 9.17) is 4.74 Å². The van der Waals surface area contributed by atoms with E-state index in [9.17, 15) is 14.4 Å². The van der Waals surface area contributed by atoms with E-state index in [1.807, 2.05) is 66.4 Å². The van der Waals surface area contributed by atoms with Crippen LogP contribution in [-0.2, 0) is 16.0 Å². The lowest BCUT2D eigenvalue weighted by atomic mass is 10.00. The molecule has 5 rings (SSSR count). The fraction of sp³-hybridized carbons (Fsp3) is 0.323. The molecule has 3 atom stereocenters. The minimum atomic E-state index is -1.02. The van der Waals surface area contributed by atoms with Crippen molar-refractivity contribution in [1.82, 2.24) is 10.6 Å². The zero-order chi connectivity index (χ0) is 27.2. The van der Waals surface area contributed by atoms with Gasteiger partial charge in [-0.15, -0.1) is 0 Å². The molecule has 8 heteroatoms. The average Bonchev–Trinajstić information content (AvgIpc) is 3.51. The van der Waals surface area contributed by atoms with Gasteiger partial charge in [0.25, 0.3) is 0 Å². The minimum Gasteiger partial charge on any atom is -0.465 e. The van der Waals surface area contributed by atoms with Crippen LogP contribution in [0.15, 0.2) is 78.9 Å². The van der Waals surface area contributed by atoms with E-state index in [1.54, 1.807) is 0 Å². The maximum atomic E-state index is 13.0. The van der Waals surface area contributed by atoms with Crippen molar-refractivity contribution in [2.45, 2.75) is 49.4 Å². The number of rotatable bonds is 11. The van der Waals surface area contributed by atoms with Gasteiger partial charge in [-0.1, -0.05) is 73.2 Å². The average molecular weight is 561 g/mol. The van der Waals surface area contributed by atoms with Crippen LogP contribution >= 0.6 is 19.7 Å². The molecular weight excluding hydrogens is 527 g/mol. The summed E-state index contributed by atoms with van der Waals surface area (Å²) in [7, 11) is 0.378. The summed E-state index contributed by atoms with van der Waals surface area (Å²) in [4.78, 5) is 37.4. The summed E-state index contributed by atoms with van der Waals surface area (Å²) in [5.41, 5.74) is 1.45. The topological polar surface area (TPSA) is 84.5 Å². The Morgan fingerprint density at radius 3 is 2.31 bits per heavy atom. The van der Waals surface area contributed by atoms with Gasteiger partial charge in [0.2, 0.25) is 0 Å². The van der Waals surface area contributed by atoms with E-state index in [0.29, 0.717) is 23.7 Å². The van der Waals surface area contributed by atoms with Crippen molar-refractivity contribution in [1.29, 1.82) is 0 Å². The SMILES string of the molecule is COC(=O)c1ccc(CC(=O)CCCC[C@H]2SCC3NC(=O)NC32)cc1P(c1ccccc1)c1ccccc1. The summed E-state index contributed by atoms with van der Waals surface area (Å²) >= 11 is 1.91. The van der Waals surface area contributed by atoms with Crippen molar-refractivity contribution in [2.75, 3.05) is 12.9 Å². The van der Waals surface area contributed by atoms with Gasteiger partial charge < -0.3 is 15.4 Å². The van der Waals surface area contributed by atoms with E-state index in [2.05, 4.69) is 34.9 Å². The molecule has 0 aromatic heterocycles. The molecule has 0 aliphatic carbocycles. The standard InChI is InChI=1S/C31H33N2O4PS/c1-37-30(35)25-17-16-21(18-22(34)10-8-9-15-28-29-26(20-39-28)32-31(36)33-29)19-27(25)38(23-11-4-2-5-12-23)24-13-6-3-7-14-24/h2-7,11-14,16-17,19,26,28-29H,8-10,15,18,20H2,1H3,(H2,32,33,36)/t26?,28-,29?/m1/s1. The van der Waals surface area contributed by atoms with Crippen LogP contribution in [-0.4, -0.2) is 48.0 Å². The molecule has 2 aliphatic rings. The first-order valence-corrected chi connectivity index (χ1v) is 15.7. The third-order valence-electron chi connectivity index (χ3n) is 7.27. The van der Waals surface area contributed by atoms with Crippen molar-refractivity contribution in [3.63, 3.8) is 0 Å². The lowest BCUT2D eigenvalue weighted by molar-refractivity contribution is -0.118. The predicted octanol–water partition coefficient (Wildman–Crippen LogP) is 4.07. The molecule has 2 unspecified atom stereocenters. The number of ether oxygens (including phenoxy) is 1. The normalized spacial score (nSPS) is 19.8. The molecule has 2 N–H and O–H groups in total. The molecule has 3 aromatic carbocycles. The predicted molar refractivity (Wildman–Crippen MR) is 159 cm³/mol. The van der Waals surface area contributed by atoms with E-state index in [0.717, 1.165) is 46.5 Å². The van der Waals surface area contributed by atoms with Crippen LogP contribution in [0.1, 0.15) is 41.6 Å². The summed E-state index contributed by atoms with van der Waals surface area (Å²) in [6, 6.07) is 26.5. The molecule has 2 heterocycles. The number of ketones is 1. The van der Waals surface area contributed by atoms with Crippen LogP contribution < -0.4 is 26.5 Å². The lowest BCUT2D eigenvalue weighted by Crippen LogP contribution is -2.36. The number of carbonyl (C=O) groups excluding carboxylic acids is 3. The van der Waals surface area contributed by atoms with Crippen LogP contribution in [0.25, 0.3) is 0 Å². The number of esters is 1. The van der Waals surface area contributed by atoms with Gasteiger partial charge in [-0.2, -0.15) is 11.8 Å². The first kappa shape index (κ1) is 27.4. The highest BCUT2D eigenvalue weighted by molar-refractivity contribution is 8.00. The number of unbranched alkanes of at least 4 members (excludes halogenated alkanes) is 1. The second kappa shape index (κ2) is 12.8. The van der Waals surface area contributed by atoms with Crippen LogP contribution in [0.3, 0.4) is 0 Å². The zero-order valence-corrected chi connectivity index (χ0v) is 23.7. The number of carbonyl (C=O) groups is 3. The lowest BCUT2D eigenvalue weighted by Gasteiger charge is -2.22. The molecule has 2 aliphatic heterocycles.